The van der Waals surface area contributed by atoms with Crippen molar-refractivity contribution in [3.05, 3.63) is 12.2 Å². The van der Waals surface area contributed by atoms with Crippen LogP contribution in [0.15, 0.2) is 12.2 Å². The average Bonchev–Trinajstić information content (AvgIpc) is 3.03. The van der Waals surface area contributed by atoms with Gasteiger partial charge in [-0.2, -0.15) is 0 Å². The number of phosphoric acid groups is 1. The summed E-state index contributed by atoms with van der Waals surface area (Å²) in [6.45, 7) is 5.38. The van der Waals surface area contributed by atoms with Crippen molar-refractivity contribution >= 4 is 13.8 Å². The van der Waals surface area contributed by atoms with Crippen molar-refractivity contribution in [2.45, 2.75) is 180 Å². The van der Waals surface area contributed by atoms with Gasteiger partial charge in [0.2, 0.25) is 0 Å². The van der Waals surface area contributed by atoms with Gasteiger partial charge in [-0.15, -0.1) is 0 Å². The van der Waals surface area contributed by atoms with Crippen molar-refractivity contribution in [3.63, 3.8) is 0 Å². The molecule has 9 heteroatoms. The maximum absolute atomic E-state index is 12.5. The van der Waals surface area contributed by atoms with E-state index in [0.29, 0.717) is 24.1 Å². The van der Waals surface area contributed by atoms with Crippen molar-refractivity contribution in [2.75, 3.05) is 54.1 Å². The van der Waals surface area contributed by atoms with Crippen LogP contribution in [0.25, 0.3) is 0 Å². The lowest BCUT2D eigenvalue weighted by Gasteiger charge is -2.28. The second-order valence-corrected chi connectivity index (χ2v) is 16.1. The highest BCUT2D eigenvalue weighted by Gasteiger charge is 2.20. The lowest BCUT2D eigenvalue weighted by molar-refractivity contribution is -0.870. The Morgan fingerprint density at radius 2 is 1.08 bits per heavy atom. The molecule has 286 valence electrons. The minimum atomic E-state index is -4.51. The third-order valence-electron chi connectivity index (χ3n) is 8.57. The monoisotopic (exact) mass is 704 g/mol. The molecule has 0 saturated carbocycles. The van der Waals surface area contributed by atoms with E-state index in [9.17, 15) is 14.3 Å². The summed E-state index contributed by atoms with van der Waals surface area (Å²) >= 11 is 0. The second kappa shape index (κ2) is 33.4. The summed E-state index contributed by atoms with van der Waals surface area (Å²) in [6.07, 6.45) is 33.7. The number of quaternary nitrogens is 1. The standard InChI is InChI=1S/C39H78NO7P/c1-6-8-10-12-14-16-17-18-19-20-21-22-23-24-25-27-29-31-34-44-36-38(37-46-48(42,43)45-35-33-40(3,4)5)47-39(41)32-30-28-26-15-13-11-9-7-2/h18-19,38H,6-17,20-37H2,1-5H3/b19-18-. The summed E-state index contributed by atoms with van der Waals surface area (Å²) in [4.78, 5) is 24.8. The first kappa shape index (κ1) is 47.2. The summed E-state index contributed by atoms with van der Waals surface area (Å²) in [5.41, 5.74) is 0. The molecule has 2 unspecified atom stereocenters. The van der Waals surface area contributed by atoms with Crippen LogP contribution < -0.4 is 4.89 Å². The van der Waals surface area contributed by atoms with Crippen molar-refractivity contribution in [3.8, 4) is 0 Å². The molecule has 0 N–H and O–H groups in total. The lowest BCUT2D eigenvalue weighted by Crippen LogP contribution is -2.37. The largest absolute Gasteiger partial charge is 0.756 e. The van der Waals surface area contributed by atoms with Crippen LogP contribution >= 0.6 is 7.82 Å². The molecule has 0 aliphatic rings. The van der Waals surface area contributed by atoms with Crippen molar-refractivity contribution in [1.82, 2.24) is 0 Å². The normalized spacial score (nSPS) is 14.0. The lowest BCUT2D eigenvalue weighted by atomic mass is 10.1. The van der Waals surface area contributed by atoms with E-state index in [2.05, 4.69) is 26.0 Å². The maximum atomic E-state index is 12.5. The fourth-order valence-corrected chi connectivity index (χ4v) is 6.15. The molecule has 0 fully saturated rings. The zero-order chi connectivity index (χ0) is 35.6. The molecule has 0 aliphatic heterocycles. The number of likely N-dealkylation sites (N-methyl/N-ethyl adjacent to an activating group) is 1. The third kappa shape index (κ3) is 36.5. The number of nitrogens with zero attached hydrogens (tertiary/aromatic N) is 1. The molecule has 0 aromatic heterocycles. The van der Waals surface area contributed by atoms with E-state index in [4.69, 9.17) is 18.5 Å². The Kier molecular flexibility index (Phi) is 32.9. The van der Waals surface area contributed by atoms with Crippen LogP contribution in [-0.2, 0) is 27.9 Å². The van der Waals surface area contributed by atoms with Gasteiger partial charge in [-0.05, 0) is 38.5 Å². The van der Waals surface area contributed by atoms with Crippen LogP contribution in [0.1, 0.15) is 174 Å². The number of rotatable bonds is 37. The van der Waals surface area contributed by atoms with Gasteiger partial charge in [-0.3, -0.25) is 9.36 Å². The Balaban J connectivity index is 4.16. The Morgan fingerprint density at radius 1 is 0.625 bits per heavy atom. The molecule has 8 nitrogen and oxygen atoms in total. The van der Waals surface area contributed by atoms with Gasteiger partial charge in [0.05, 0.1) is 34.4 Å². The van der Waals surface area contributed by atoms with Crippen LogP contribution in [0.3, 0.4) is 0 Å². The first-order valence-electron chi connectivity index (χ1n) is 19.9. The first-order chi connectivity index (χ1) is 23.1. The molecule has 0 aromatic rings. The number of hydrogen-bond acceptors (Lipinski definition) is 7. The number of unbranched alkanes of at least 4 members (excludes halogenated alkanes) is 21. The fraction of sp³-hybridized carbons (Fsp3) is 0.923. The molecule has 0 spiro atoms. The molecule has 0 aliphatic carbocycles. The summed E-state index contributed by atoms with van der Waals surface area (Å²) in [5.74, 6) is -0.339. The molecule has 48 heavy (non-hydrogen) atoms. The second-order valence-electron chi connectivity index (χ2n) is 14.6. The predicted molar refractivity (Wildman–Crippen MR) is 199 cm³/mol. The number of phosphoric ester groups is 1. The van der Waals surface area contributed by atoms with Crippen LogP contribution in [0.4, 0.5) is 0 Å². The van der Waals surface area contributed by atoms with E-state index in [1.165, 1.54) is 122 Å². The predicted octanol–water partition coefficient (Wildman–Crippen LogP) is 10.5. The highest BCUT2D eigenvalue weighted by Crippen LogP contribution is 2.38. The number of esters is 1. The van der Waals surface area contributed by atoms with Crippen LogP contribution in [0, 0.1) is 0 Å². The first-order valence-corrected chi connectivity index (χ1v) is 21.4. The Bertz CT molecular complexity index is 787. The van der Waals surface area contributed by atoms with Gasteiger partial charge in [-0.1, -0.05) is 142 Å². The molecule has 0 aromatic carbocycles. The fourth-order valence-electron chi connectivity index (χ4n) is 5.42. The Morgan fingerprint density at radius 3 is 1.58 bits per heavy atom. The molecule has 2 atom stereocenters. The number of carbonyl (C=O) groups excluding carboxylic acids is 1. The van der Waals surface area contributed by atoms with Gasteiger partial charge < -0.3 is 27.9 Å². The van der Waals surface area contributed by atoms with Crippen LogP contribution in [0.5, 0.6) is 0 Å². The van der Waals surface area contributed by atoms with Gasteiger partial charge in [-0.25, -0.2) is 0 Å². The van der Waals surface area contributed by atoms with Crippen molar-refractivity contribution < 1.29 is 37.3 Å². The van der Waals surface area contributed by atoms with Gasteiger partial charge >= 0.3 is 5.97 Å². The number of ether oxygens (including phenoxy) is 2. The molecule has 0 radical (unpaired) electrons. The minimum absolute atomic E-state index is 0.0282. The van der Waals surface area contributed by atoms with Crippen LogP contribution in [0.2, 0.25) is 0 Å². The smallest absolute Gasteiger partial charge is 0.306 e. The Hall–Kier alpha value is -0.760. The van der Waals surface area contributed by atoms with E-state index in [1.807, 2.05) is 21.1 Å². The van der Waals surface area contributed by atoms with Crippen LogP contribution in [-0.4, -0.2) is 70.7 Å². The molecule has 0 heterocycles. The number of allylic oxidation sites excluding steroid dienone is 2. The highest BCUT2D eigenvalue weighted by atomic mass is 31.2. The Labute approximate surface area is 297 Å². The van der Waals surface area contributed by atoms with Gasteiger partial charge in [0, 0.05) is 13.0 Å². The highest BCUT2D eigenvalue weighted by molar-refractivity contribution is 7.45. The topological polar surface area (TPSA) is 94.1 Å². The average molecular weight is 704 g/mol. The van der Waals surface area contributed by atoms with E-state index >= 15 is 0 Å². The zero-order valence-electron chi connectivity index (χ0n) is 32.2. The number of hydrogen-bond donors (Lipinski definition) is 0. The van der Waals surface area contributed by atoms with Crippen molar-refractivity contribution in [2.24, 2.45) is 0 Å². The molecular weight excluding hydrogens is 625 g/mol. The molecule has 0 bridgehead atoms. The maximum Gasteiger partial charge on any atom is 0.306 e. The van der Waals surface area contributed by atoms with E-state index in [-0.39, 0.29) is 25.8 Å². The summed E-state index contributed by atoms with van der Waals surface area (Å²) in [6, 6.07) is 0. The summed E-state index contributed by atoms with van der Waals surface area (Å²) in [7, 11) is 1.36. The SMILES string of the molecule is CCCCCCCC/C=C\CCCCCCCCCCOCC(COP(=O)([O-])OCC[N+](C)(C)C)OC(=O)CCCCCCCCCC. The summed E-state index contributed by atoms with van der Waals surface area (Å²) in [5, 5.41) is 0. The minimum Gasteiger partial charge on any atom is -0.756 e. The van der Waals surface area contributed by atoms with Gasteiger partial charge in [0.1, 0.15) is 19.3 Å². The molecular formula is C39H78NO7P. The van der Waals surface area contributed by atoms with Gasteiger partial charge in [0.15, 0.2) is 0 Å². The quantitative estimate of drug-likeness (QED) is 0.0209. The third-order valence-corrected chi connectivity index (χ3v) is 9.53. The van der Waals surface area contributed by atoms with Crippen molar-refractivity contribution in [1.29, 1.82) is 0 Å². The number of carbonyl (C=O) groups is 1. The van der Waals surface area contributed by atoms with E-state index < -0.39 is 13.9 Å². The molecule has 0 amide bonds. The zero-order valence-corrected chi connectivity index (χ0v) is 33.1. The van der Waals surface area contributed by atoms with Gasteiger partial charge in [0.25, 0.3) is 7.82 Å². The molecule has 0 saturated heterocycles. The molecule has 0 rings (SSSR count). The van der Waals surface area contributed by atoms with E-state index in [1.54, 1.807) is 0 Å². The summed E-state index contributed by atoms with van der Waals surface area (Å²) < 4.78 is 34.4. The van der Waals surface area contributed by atoms with E-state index in [0.717, 1.165) is 32.1 Å².